The number of Topliss-reactive ketones (excluding diaryl/α,β-unsaturated/α-hetero) is 1. The summed E-state index contributed by atoms with van der Waals surface area (Å²) in [5.74, 6) is -0.411. The van der Waals surface area contributed by atoms with Gasteiger partial charge < -0.3 is 30.8 Å². The van der Waals surface area contributed by atoms with Crippen LogP contribution >= 0.6 is 11.8 Å². The molecule has 1 aliphatic rings. The Balaban J connectivity index is 2.18. The molecular weight excluding hydrogens is 538 g/mol. The summed E-state index contributed by atoms with van der Waals surface area (Å²) in [7, 11) is 1.84. The van der Waals surface area contributed by atoms with Crippen LogP contribution < -0.4 is 16.0 Å². The van der Waals surface area contributed by atoms with E-state index < -0.39 is 11.3 Å². The first-order valence-corrected chi connectivity index (χ1v) is 15.1. The van der Waals surface area contributed by atoms with Gasteiger partial charge in [-0.05, 0) is 58.8 Å². The fourth-order valence-corrected chi connectivity index (χ4v) is 5.01. The molecule has 228 valence electrons. The van der Waals surface area contributed by atoms with Crippen LogP contribution in [0.15, 0.2) is 0 Å². The number of likely N-dealkylation sites (N-methyl/N-ethyl adjacent to an activating group) is 1. The number of hydrogen-bond donors (Lipinski definition) is 4. The molecule has 2 atom stereocenters. The monoisotopic (exact) mass is 585 g/mol. The molecule has 1 saturated heterocycles. The number of hydrogen-bond acceptors (Lipinski definition) is 10. The Morgan fingerprint density at radius 2 is 1.70 bits per heavy atom. The Morgan fingerprint density at radius 1 is 0.975 bits per heavy atom. The molecule has 1 fully saturated rings. The summed E-state index contributed by atoms with van der Waals surface area (Å²) in [6.45, 7) is 6.10. The highest BCUT2D eigenvalue weighted by atomic mass is 32.2. The minimum atomic E-state index is -0.583. The summed E-state index contributed by atoms with van der Waals surface area (Å²) in [6, 6.07) is -0.583. The SMILES string of the molecule is CNCCOCCOCCC(=O)N[C@@H](CCCCNC(=O)CCN1C(=O)CC(SCCCC(C)=N)C1=O)C(C)=O. The Hall–Kier alpha value is -2.35. The average Bonchev–Trinajstić information content (AvgIpc) is 3.17. The van der Waals surface area contributed by atoms with E-state index in [2.05, 4.69) is 16.0 Å². The number of nitrogens with one attached hydrogen (secondary N) is 4. The first kappa shape index (κ1) is 35.7. The Bertz CT molecular complexity index is 842. The number of carbonyl (C=O) groups excluding carboxylic acids is 5. The molecule has 1 aliphatic heterocycles. The maximum absolute atomic E-state index is 12.5. The van der Waals surface area contributed by atoms with Crippen LogP contribution in [0.3, 0.4) is 0 Å². The van der Waals surface area contributed by atoms with Gasteiger partial charge in [-0.2, -0.15) is 0 Å². The van der Waals surface area contributed by atoms with Crippen molar-refractivity contribution < 1.29 is 33.4 Å². The smallest absolute Gasteiger partial charge is 0.242 e. The summed E-state index contributed by atoms with van der Waals surface area (Å²) in [4.78, 5) is 62.2. The summed E-state index contributed by atoms with van der Waals surface area (Å²) in [6.07, 6.45) is 3.54. The molecule has 0 aromatic heterocycles. The third-order valence-electron chi connectivity index (χ3n) is 6.19. The maximum atomic E-state index is 12.5. The maximum Gasteiger partial charge on any atom is 0.242 e. The molecule has 0 bridgehead atoms. The van der Waals surface area contributed by atoms with Crippen molar-refractivity contribution in [3.63, 3.8) is 0 Å². The number of amides is 4. The van der Waals surface area contributed by atoms with Crippen molar-refractivity contribution in [1.82, 2.24) is 20.9 Å². The van der Waals surface area contributed by atoms with Gasteiger partial charge in [0, 0.05) is 44.6 Å². The summed E-state index contributed by atoms with van der Waals surface area (Å²) in [5.41, 5.74) is 0.600. The fraction of sp³-hybridized carbons (Fsp3) is 0.778. The molecule has 4 amide bonds. The number of likely N-dealkylation sites (tertiary alicyclic amines) is 1. The summed E-state index contributed by atoms with van der Waals surface area (Å²) >= 11 is 1.44. The Kier molecular flexibility index (Phi) is 19.1. The Morgan fingerprint density at radius 3 is 2.38 bits per heavy atom. The molecule has 4 N–H and O–H groups in total. The van der Waals surface area contributed by atoms with Gasteiger partial charge in [0.25, 0.3) is 0 Å². The number of nitrogens with zero attached hydrogens (tertiary/aromatic N) is 1. The number of unbranched alkanes of at least 4 members (excludes halogenated alkanes) is 1. The highest BCUT2D eigenvalue weighted by molar-refractivity contribution is 8.00. The minimum Gasteiger partial charge on any atom is -0.379 e. The molecule has 0 aromatic rings. The molecule has 0 aliphatic carbocycles. The highest BCUT2D eigenvalue weighted by Crippen LogP contribution is 2.26. The standard InChI is InChI=1S/C27H47N5O7S/c1-20(28)7-6-18-40-23-19-26(36)32(27(23)37)13-9-24(34)30-11-5-4-8-22(21(2)33)31-25(35)10-14-38-16-17-39-15-12-29-3/h22-23,28-29H,4-19H2,1-3H3,(H,30,34)(H,31,35)/t22-,23?/m0/s1. The van der Waals surface area contributed by atoms with Crippen molar-refractivity contribution in [2.75, 3.05) is 58.9 Å². The predicted octanol–water partition coefficient (Wildman–Crippen LogP) is 1.06. The molecule has 40 heavy (non-hydrogen) atoms. The number of rotatable bonds is 24. The van der Waals surface area contributed by atoms with Crippen molar-refractivity contribution >= 4 is 46.9 Å². The van der Waals surface area contributed by atoms with Crippen LogP contribution in [0, 0.1) is 5.41 Å². The van der Waals surface area contributed by atoms with E-state index in [0.717, 1.165) is 13.0 Å². The topological polar surface area (TPSA) is 167 Å². The van der Waals surface area contributed by atoms with E-state index in [0.29, 0.717) is 63.5 Å². The van der Waals surface area contributed by atoms with Gasteiger partial charge in [0.1, 0.15) is 0 Å². The van der Waals surface area contributed by atoms with Gasteiger partial charge in [-0.15, -0.1) is 11.8 Å². The van der Waals surface area contributed by atoms with Crippen molar-refractivity contribution in [2.45, 2.75) is 76.5 Å². The van der Waals surface area contributed by atoms with Crippen molar-refractivity contribution in [3.8, 4) is 0 Å². The van der Waals surface area contributed by atoms with Crippen molar-refractivity contribution in [2.24, 2.45) is 0 Å². The second-order valence-electron chi connectivity index (χ2n) is 9.74. The molecule has 0 radical (unpaired) electrons. The predicted molar refractivity (Wildman–Crippen MR) is 154 cm³/mol. The largest absolute Gasteiger partial charge is 0.379 e. The summed E-state index contributed by atoms with van der Waals surface area (Å²) < 4.78 is 10.7. The van der Waals surface area contributed by atoms with Crippen LogP contribution in [0.2, 0.25) is 0 Å². The van der Waals surface area contributed by atoms with Crippen LogP contribution in [0.5, 0.6) is 0 Å². The van der Waals surface area contributed by atoms with E-state index in [-0.39, 0.29) is 61.8 Å². The lowest BCUT2D eigenvalue weighted by Gasteiger charge is -2.16. The van der Waals surface area contributed by atoms with E-state index in [1.54, 1.807) is 6.92 Å². The molecule has 0 spiro atoms. The van der Waals surface area contributed by atoms with Crippen LogP contribution in [0.1, 0.15) is 65.2 Å². The third kappa shape index (κ3) is 16.0. The van der Waals surface area contributed by atoms with Gasteiger partial charge in [-0.1, -0.05) is 0 Å². The van der Waals surface area contributed by atoms with Gasteiger partial charge in [-0.25, -0.2) is 0 Å². The van der Waals surface area contributed by atoms with E-state index in [1.165, 1.54) is 23.6 Å². The lowest BCUT2D eigenvalue weighted by atomic mass is 10.1. The van der Waals surface area contributed by atoms with Crippen LogP contribution in [0.25, 0.3) is 0 Å². The fourth-order valence-electron chi connectivity index (χ4n) is 3.89. The third-order valence-corrected chi connectivity index (χ3v) is 7.48. The summed E-state index contributed by atoms with van der Waals surface area (Å²) in [5, 5.41) is 15.5. The molecule has 1 heterocycles. The first-order valence-electron chi connectivity index (χ1n) is 14.0. The normalized spacial score (nSPS) is 15.8. The molecule has 0 saturated carbocycles. The second kappa shape index (κ2) is 21.4. The quantitative estimate of drug-likeness (QED) is 0.0736. The lowest BCUT2D eigenvalue weighted by Crippen LogP contribution is -2.40. The molecule has 12 nitrogen and oxygen atoms in total. The van der Waals surface area contributed by atoms with Gasteiger partial charge in [0.05, 0.1) is 37.7 Å². The van der Waals surface area contributed by atoms with E-state index in [4.69, 9.17) is 14.9 Å². The van der Waals surface area contributed by atoms with E-state index in [1.807, 2.05) is 7.05 Å². The number of imide groups is 1. The molecule has 0 aromatic carbocycles. The molecule has 1 unspecified atom stereocenters. The second-order valence-corrected chi connectivity index (χ2v) is 11.0. The van der Waals surface area contributed by atoms with Crippen LogP contribution in [0.4, 0.5) is 0 Å². The van der Waals surface area contributed by atoms with Crippen LogP contribution in [-0.4, -0.2) is 110 Å². The van der Waals surface area contributed by atoms with Gasteiger partial charge in [-0.3, -0.25) is 28.9 Å². The zero-order valence-corrected chi connectivity index (χ0v) is 25.0. The number of ether oxygens (including phenoxy) is 2. The van der Waals surface area contributed by atoms with Crippen molar-refractivity contribution in [1.29, 1.82) is 5.41 Å². The average molecular weight is 586 g/mol. The number of carbonyl (C=O) groups is 5. The van der Waals surface area contributed by atoms with Gasteiger partial charge in [0.2, 0.25) is 23.6 Å². The Labute approximate surface area is 241 Å². The molecule has 1 rings (SSSR count). The van der Waals surface area contributed by atoms with Gasteiger partial charge in [0.15, 0.2) is 5.78 Å². The molecule has 13 heteroatoms. The van der Waals surface area contributed by atoms with Crippen molar-refractivity contribution in [3.05, 3.63) is 0 Å². The zero-order chi connectivity index (χ0) is 29.8. The van der Waals surface area contributed by atoms with Crippen LogP contribution in [-0.2, 0) is 33.4 Å². The highest BCUT2D eigenvalue weighted by Gasteiger charge is 2.38. The van der Waals surface area contributed by atoms with E-state index in [9.17, 15) is 24.0 Å². The van der Waals surface area contributed by atoms with Gasteiger partial charge >= 0.3 is 0 Å². The lowest BCUT2D eigenvalue weighted by molar-refractivity contribution is -0.138. The minimum absolute atomic E-state index is 0.0398. The zero-order valence-electron chi connectivity index (χ0n) is 24.2. The molecular formula is C27H47N5O7S. The number of ketones is 1. The number of thioether (sulfide) groups is 1. The first-order chi connectivity index (χ1) is 19.1. The van der Waals surface area contributed by atoms with E-state index >= 15 is 0 Å².